The van der Waals surface area contributed by atoms with E-state index in [0.717, 1.165) is 24.2 Å². The summed E-state index contributed by atoms with van der Waals surface area (Å²) >= 11 is 5.88. The second-order valence-electron chi connectivity index (χ2n) is 4.94. The molecule has 0 atom stereocenters. The fraction of sp³-hybridized carbons (Fsp3) is 0.267. The van der Waals surface area contributed by atoms with Gasteiger partial charge in [-0.2, -0.15) is 5.26 Å². The molecular weight excluding hydrogens is 274 g/mol. The average Bonchev–Trinajstić information content (AvgIpc) is 3.27. The number of hydrogen-bond donors (Lipinski definition) is 0. The summed E-state index contributed by atoms with van der Waals surface area (Å²) in [7, 11) is 0. The van der Waals surface area contributed by atoms with Gasteiger partial charge in [0.05, 0.1) is 18.2 Å². The van der Waals surface area contributed by atoms with E-state index in [1.165, 1.54) is 6.07 Å². The Morgan fingerprint density at radius 1 is 1.35 bits per heavy atom. The number of benzene rings is 1. The number of halogens is 1. The van der Waals surface area contributed by atoms with Crippen LogP contribution < -0.4 is 5.56 Å². The Morgan fingerprint density at radius 3 is 2.65 bits per heavy atom. The van der Waals surface area contributed by atoms with Gasteiger partial charge in [-0.15, -0.1) is 0 Å². The van der Waals surface area contributed by atoms with Crippen LogP contribution in [-0.2, 0) is 6.54 Å². The van der Waals surface area contributed by atoms with Crippen LogP contribution in [0.2, 0.25) is 5.15 Å². The average molecular weight is 286 g/mol. The molecule has 1 aliphatic carbocycles. The fourth-order valence-corrected chi connectivity index (χ4v) is 2.35. The van der Waals surface area contributed by atoms with Gasteiger partial charge >= 0.3 is 0 Å². The fourth-order valence-electron chi connectivity index (χ4n) is 2.17. The first-order valence-electron chi connectivity index (χ1n) is 6.43. The largest absolute Gasteiger partial charge is 0.292 e. The normalized spacial score (nSPS) is 14.0. The van der Waals surface area contributed by atoms with Gasteiger partial charge in [0.1, 0.15) is 11.0 Å². The van der Waals surface area contributed by atoms with E-state index in [0.29, 0.717) is 18.0 Å². The summed E-state index contributed by atoms with van der Waals surface area (Å²) < 4.78 is 1.67. The van der Waals surface area contributed by atoms with Crippen LogP contribution in [0.3, 0.4) is 0 Å². The van der Waals surface area contributed by atoms with Gasteiger partial charge in [-0.1, -0.05) is 23.7 Å². The Hall–Kier alpha value is -2.12. The smallest absolute Gasteiger partial charge is 0.255 e. The van der Waals surface area contributed by atoms with Crippen LogP contribution in [0, 0.1) is 11.3 Å². The molecular formula is C15H12ClN3O. The van der Waals surface area contributed by atoms with E-state index in [-0.39, 0.29) is 10.7 Å². The summed E-state index contributed by atoms with van der Waals surface area (Å²) in [5.41, 5.74) is 1.45. The van der Waals surface area contributed by atoms with Crippen LogP contribution in [0.15, 0.2) is 35.1 Å². The van der Waals surface area contributed by atoms with Crippen molar-refractivity contribution in [3.63, 3.8) is 0 Å². The van der Waals surface area contributed by atoms with Gasteiger partial charge in [-0.25, -0.2) is 4.98 Å². The second-order valence-corrected chi connectivity index (χ2v) is 5.33. The Bertz CT molecular complexity index is 739. The van der Waals surface area contributed by atoms with Gasteiger partial charge in [0.25, 0.3) is 5.56 Å². The third-order valence-electron chi connectivity index (χ3n) is 3.37. The van der Waals surface area contributed by atoms with Crippen molar-refractivity contribution in [3.8, 4) is 6.07 Å². The quantitative estimate of drug-likeness (QED) is 0.815. The summed E-state index contributed by atoms with van der Waals surface area (Å²) in [5.74, 6) is 1.12. The minimum Gasteiger partial charge on any atom is -0.292 e. The summed E-state index contributed by atoms with van der Waals surface area (Å²) in [6.07, 6.45) is 2.11. The molecule has 1 heterocycles. The number of aromatic nitrogens is 2. The van der Waals surface area contributed by atoms with Crippen molar-refractivity contribution in [3.05, 3.63) is 62.8 Å². The predicted octanol–water partition coefficient (Wildman–Crippen LogP) is 2.69. The molecule has 0 aliphatic heterocycles. The Kier molecular flexibility index (Phi) is 3.29. The molecule has 0 spiro atoms. The number of hydrogen-bond acceptors (Lipinski definition) is 3. The van der Waals surface area contributed by atoms with E-state index in [2.05, 4.69) is 11.1 Å². The predicted molar refractivity (Wildman–Crippen MR) is 75.7 cm³/mol. The zero-order valence-electron chi connectivity index (χ0n) is 10.7. The first-order valence-corrected chi connectivity index (χ1v) is 6.81. The van der Waals surface area contributed by atoms with E-state index in [1.807, 2.05) is 12.1 Å². The highest BCUT2D eigenvalue weighted by molar-refractivity contribution is 6.29. The molecule has 1 fully saturated rings. The van der Waals surface area contributed by atoms with Crippen LogP contribution in [0.1, 0.15) is 35.7 Å². The number of rotatable bonds is 3. The van der Waals surface area contributed by atoms with Gasteiger partial charge in [-0.3, -0.25) is 9.36 Å². The van der Waals surface area contributed by atoms with Crippen molar-refractivity contribution in [1.29, 1.82) is 5.26 Å². The van der Waals surface area contributed by atoms with Crippen LogP contribution in [0.25, 0.3) is 0 Å². The van der Waals surface area contributed by atoms with E-state index >= 15 is 0 Å². The van der Waals surface area contributed by atoms with Crippen LogP contribution in [-0.4, -0.2) is 9.55 Å². The molecule has 0 radical (unpaired) electrons. The van der Waals surface area contributed by atoms with E-state index in [1.54, 1.807) is 16.7 Å². The highest BCUT2D eigenvalue weighted by Crippen LogP contribution is 2.38. The molecule has 1 saturated carbocycles. The molecule has 2 aromatic rings. The first-order chi connectivity index (χ1) is 9.67. The lowest BCUT2D eigenvalue weighted by atomic mass is 10.1. The Morgan fingerprint density at radius 2 is 2.05 bits per heavy atom. The molecule has 1 aliphatic rings. The molecule has 1 aromatic heterocycles. The molecule has 5 heteroatoms. The zero-order valence-corrected chi connectivity index (χ0v) is 11.5. The molecule has 0 bridgehead atoms. The lowest BCUT2D eigenvalue weighted by Crippen LogP contribution is -2.24. The van der Waals surface area contributed by atoms with Crippen molar-refractivity contribution in [2.24, 2.45) is 0 Å². The van der Waals surface area contributed by atoms with Gasteiger partial charge in [-0.05, 0) is 30.5 Å². The molecule has 4 nitrogen and oxygen atoms in total. The van der Waals surface area contributed by atoms with E-state index in [4.69, 9.17) is 16.9 Å². The summed E-state index contributed by atoms with van der Waals surface area (Å²) in [4.78, 5) is 16.4. The van der Waals surface area contributed by atoms with Gasteiger partial charge in [0.2, 0.25) is 0 Å². The third kappa shape index (κ3) is 2.59. The third-order valence-corrected chi connectivity index (χ3v) is 3.57. The molecule has 0 amide bonds. The lowest BCUT2D eigenvalue weighted by Gasteiger charge is -2.11. The maximum atomic E-state index is 12.1. The second kappa shape index (κ2) is 5.10. The van der Waals surface area contributed by atoms with Crippen LogP contribution in [0.5, 0.6) is 0 Å². The molecule has 0 saturated heterocycles. The summed E-state index contributed by atoms with van der Waals surface area (Å²) in [6.45, 7) is 0.459. The van der Waals surface area contributed by atoms with Crippen molar-refractivity contribution in [2.75, 3.05) is 0 Å². The highest BCUT2D eigenvalue weighted by Gasteiger charge is 2.28. The molecule has 1 aromatic carbocycles. The summed E-state index contributed by atoms with van der Waals surface area (Å²) in [6, 6.07) is 10.6. The van der Waals surface area contributed by atoms with E-state index in [9.17, 15) is 4.79 Å². The van der Waals surface area contributed by atoms with Crippen molar-refractivity contribution in [2.45, 2.75) is 25.3 Å². The standard InChI is InChI=1S/C15H12ClN3O/c16-13-7-14(20)19(15(18-13)12-5-6-12)9-11-3-1-10(8-17)2-4-11/h1-4,7,12H,5-6,9H2. The Balaban J connectivity index is 1.97. The maximum absolute atomic E-state index is 12.1. The first kappa shape index (κ1) is 12.9. The molecule has 0 unspecified atom stereocenters. The topological polar surface area (TPSA) is 58.7 Å². The zero-order chi connectivity index (χ0) is 14.1. The van der Waals surface area contributed by atoms with Crippen molar-refractivity contribution in [1.82, 2.24) is 9.55 Å². The maximum Gasteiger partial charge on any atom is 0.255 e. The lowest BCUT2D eigenvalue weighted by molar-refractivity contribution is 0.669. The molecule has 20 heavy (non-hydrogen) atoms. The highest BCUT2D eigenvalue weighted by atomic mass is 35.5. The Labute approximate surface area is 121 Å². The van der Waals surface area contributed by atoms with Gasteiger partial charge in [0.15, 0.2) is 0 Å². The minimum absolute atomic E-state index is 0.128. The van der Waals surface area contributed by atoms with Crippen LogP contribution in [0.4, 0.5) is 0 Å². The molecule has 100 valence electrons. The van der Waals surface area contributed by atoms with Gasteiger partial charge < -0.3 is 0 Å². The molecule has 3 rings (SSSR count). The van der Waals surface area contributed by atoms with Gasteiger partial charge in [0, 0.05) is 12.0 Å². The monoisotopic (exact) mass is 285 g/mol. The SMILES string of the molecule is N#Cc1ccc(Cn2c(C3CC3)nc(Cl)cc2=O)cc1. The van der Waals surface area contributed by atoms with Crippen LogP contribution >= 0.6 is 11.6 Å². The van der Waals surface area contributed by atoms with E-state index < -0.39 is 0 Å². The summed E-state index contributed by atoms with van der Waals surface area (Å²) in [5, 5.41) is 9.05. The number of nitriles is 1. The number of nitrogens with zero attached hydrogens (tertiary/aromatic N) is 3. The van der Waals surface area contributed by atoms with Crippen molar-refractivity contribution < 1.29 is 0 Å². The molecule has 0 N–H and O–H groups in total. The minimum atomic E-state index is -0.128. The van der Waals surface area contributed by atoms with Crippen molar-refractivity contribution >= 4 is 11.6 Å².